The molecular formula is C16H18BrN3OS2. The van der Waals surface area contributed by atoms with Crippen LogP contribution in [0.25, 0.3) is 0 Å². The summed E-state index contributed by atoms with van der Waals surface area (Å²) in [5, 5.41) is 6.34. The van der Waals surface area contributed by atoms with Crippen molar-refractivity contribution in [2.45, 2.75) is 18.5 Å². The first-order chi connectivity index (χ1) is 11.2. The Morgan fingerprint density at radius 3 is 3.00 bits per heavy atom. The molecule has 2 atom stereocenters. The summed E-state index contributed by atoms with van der Waals surface area (Å²) in [6, 6.07) is 8.40. The standard InChI is InChI=1S/C16H18BrN3OS2/c1-21-8-4-7-20-15(13-9-11(17)10-23-13)14(19-16(20)22)12-5-2-3-6-18-12/h2-3,5-6,9-10,14-15H,4,7-8H2,1H3,(H,19,22)/t14-,15-/m1/s1. The molecule has 0 spiro atoms. The van der Waals surface area contributed by atoms with Crippen molar-refractivity contribution in [1.82, 2.24) is 15.2 Å². The first-order valence-corrected chi connectivity index (χ1v) is 9.49. The third kappa shape index (κ3) is 3.74. The van der Waals surface area contributed by atoms with Crippen molar-refractivity contribution < 1.29 is 4.74 Å². The second kappa shape index (κ2) is 7.70. The van der Waals surface area contributed by atoms with Crippen LogP contribution in [0.1, 0.15) is 29.1 Å². The third-order valence-electron chi connectivity index (χ3n) is 3.82. The van der Waals surface area contributed by atoms with E-state index in [1.54, 1.807) is 18.4 Å². The molecule has 4 nitrogen and oxygen atoms in total. The quantitative estimate of drug-likeness (QED) is 0.575. The molecule has 0 aromatic carbocycles. The van der Waals surface area contributed by atoms with Gasteiger partial charge in [0.15, 0.2) is 5.11 Å². The average molecular weight is 412 g/mol. The SMILES string of the molecule is COCCCN1C(=S)N[C@H](c2ccccn2)[C@H]1c1cc(Br)cs1. The van der Waals surface area contributed by atoms with Crippen LogP contribution in [0.5, 0.6) is 0 Å². The van der Waals surface area contributed by atoms with Crippen LogP contribution in [0, 0.1) is 0 Å². The van der Waals surface area contributed by atoms with Crippen LogP contribution in [0.2, 0.25) is 0 Å². The van der Waals surface area contributed by atoms with Crippen molar-refractivity contribution in [2.75, 3.05) is 20.3 Å². The van der Waals surface area contributed by atoms with E-state index in [-0.39, 0.29) is 12.1 Å². The number of thiocarbonyl (C=S) groups is 1. The molecule has 1 saturated heterocycles. The lowest BCUT2D eigenvalue weighted by molar-refractivity contribution is 0.181. The van der Waals surface area contributed by atoms with Crippen LogP contribution in [0.4, 0.5) is 0 Å². The smallest absolute Gasteiger partial charge is 0.170 e. The van der Waals surface area contributed by atoms with E-state index < -0.39 is 0 Å². The first-order valence-electron chi connectivity index (χ1n) is 7.41. The number of aromatic nitrogens is 1. The van der Waals surface area contributed by atoms with Gasteiger partial charge in [0.25, 0.3) is 0 Å². The number of rotatable bonds is 6. The monoisotopic (exact) mass is 411 g/mol. The molecule has 7 heteroatoms. The lowest BCUT2D eigenvalue weighted by atomic mass is 10.0. The van der Waals surface area contributed by atoms with Crippen molar-refractivity contribution in [2.24, 2.45) is 0 Å². The van der Waals surface area contributed by atoms with E-state index in [0.29, 0.717) is 0 Å². The van der Waals surface area contributed by atoms with Crippen molar-refractivity contribution >= 4 is 44.6 Å². The summed E-state index contributed by atoms with van der Waals surface area (Å²) in [6.07, 6.45) is 2.77. The fourth-order valence-electron chi connectivity index (χ4n) is 2.82. The molecule has 2 aromatic heterocycles. The van der Waals surface area contributed by atoms with Gasteiger partial charge in [-0.3, -0.25) is 4.98 Å². The lowest BCUT2D eigenvalue weighted by Gasteiger charge is -2.26. The van der Waals surface area contributed by atoms with Crippen molar-refractivity contribution in [3.05, 3.63) is 50.9 Å². The van der Waals surface area contributed by atoms with Crippen LogP contribution in [-0.4, -0.2) is 35.3 Å². The average Bonchev–Trinajstić information content (AvgIpc) is 3.12. The van der Waals surface area contributed by atoms with Gasteiger partial charge in [-0.1, -0.05) is 6.07 Å². The number of methoxy groups -OCH3 is 1. The highest BCUT2D eigenvalue weighted by Gasteiger charge is 2.40. The summed E-state index contributed by atoms with van der Waals surface area (Å²) < 4.78 is 6.29. The Kier molecular flexibility index (Phi) is 5.63. The minimum absolute atomic E-state index is 0.0665. The van der Waals surface area contributed by atoms with Crippen molar-refractivity contribution in [3.8, 4) is 0 Å². The maximum absolute atomic E-state index is 5.59. The number of hydrogen-bond acceptors (Lipinski definition) is 4. The second-order valence-corrected chi connectivity index (χ2v) is 7.58. The van der Waals surface area contributed by atoms with Crippen LogP contribution in [0.3, 0.4) is 0 Å². The Morgan fingerprint density at radius 2 is 2.35 bits per heavy atom. The fourth-order valence-corrected chi connectivity index (χ4v) is 4.74. The molecule has 3 rings (SSSR count). The number of nitrogens with one attached hydrogen (secondary N) is 1. The number of hydrogen-bond donors (Lipinski definition) is 1. The van der Waals surface area contributed by atoms with Gasteiger partial charge in [0.2, 0.25) is 0 Å². The molecule has 1 fully saturated rings. The van der Waals surface area contributed by atoms with E-state index in [4.69, 9.17) is 17.0 Å². The van der Waals surface area contributed by atoms with Gasteiger partial charge in [-0.05, 0) is 52.8 Å². The number of pyridine rings is 1. The molecule has 0 unspecified atom stereocenters. The van der Waals surface area contributed by atoms with Gasteiger partial charge < -0.3 is 15.0 Å². The van der Waals surface area contributed by atoms with Gasteiger partial charge in [0.1, 0.15) is 0 Å². The van der Waals surface area contributed by atoms with E-state index in [1.807, 2.05) is 18.3 Å². The highest BCUT2D eigenvalue weighted by molar-refractivity contribution is 9.10. The normalized spacial score (nSPS) is 20.8. The van der Waals surface area contributed by atoms with E-state index >= 15 is 0 Å². The molecule has 0 radical (unpaired) electrons. The second-order valence-electron chi connectivity index (χ2n) is 5.33. The Balaban J connectivity index is 1.91. The van der Waals surface area contributed by atoms with E-state index in [9.17, 15) is 0 Å². The predicted octanol–water partition coefficient (Wildman–Crippen LogP) is 3.91. The molecule has 1 N–H and O–H groups in total. The Morgan fingerprint density at radius 1 is 1.48 bits per heavy atom. The van der Waals surface area contributed by atoms with Crippen molar-refractivity contribution in [1.29, 1.82) is 0 Å². The maximum Gasteiger partial charge on any atom is 0.170 e. The summed E-state index contributed by atoms with van der Waals surface area (Å²) in [7, 11) is 1.73. The summed E-state index contributed by atoms with van der Waals surface area (Å²) in [5.74, 6) is 0. The zero-order valence-corrected chi connectivity index (χ0v) is 16.0. The molecule has 2 aromatic rings. The summed E-state index contributed by atoms with van der Waals surface area (Å²) in [6.45, 7) is 1.59. The van der Waals surface area contributed by atoms with E-state index in [2.05, 4.69) is 48.6 Å². The molecule has 3 heterocycles. The number of thiophene rings is 1. The van der Waals surface area contributed by atoms with Crippen molar-refractivity contribution in [3.63, 3.8) is 0 Å². The van der Waals surface area contributed by atoms with Gasteiger partial charge in [0, 0.05) is 41.2 Å². The van der Waals surface area contributed by atoms with Crippen LogP contribution < -0.4 is 5.32 Å². The minimum Gasteiger partial charge on any atom is -0.385 e. The van der Waals surface area contributed by atoms with E-state index in [0.717, 1.165) is 34.9 Å². The zero-order valence-electron chi connectivity index (χ0n) is 12.7. The largest absolute Gasteiger partial charge is 0.385 e. The molecule has 1 aliphatic heterocycles. The lowest BCUT2D eigenvalue weighted by Crippen LogP contribution is -2.30. The molecule has 1 aliphatic rings. The van der Waals surface area contributed by atoms with Gasteiger partial charge in [0.05, 0.1) is 17.8 Å². The highest BCUT2D eigenvalue weighted by atomic mass is 79.9. The molecule has 0 amide bonds. The number of halogens is 1. The maximum atomic E-state index is 5.59. The predicted molar refractivity (Wildman–Crippen MR) is 101 cm³/mol. The molecule has 122 valence electrons. The Labute approximate surface area is 154 Å². The van der Waals surface area contributed by atoms with E-state index in [1.165, 1.54) is 4.88 Å². The number of nitrogens with zero attached hydrogens (tertiary/aromatic N) is 2. The number of ether oxygens (including phenoxy) is 1. The minimum atomic E-state index is 0.0665. The molecule has 0 bridgehead atoms. The van der Waals surface area contributed by atoms with Gasteiger partial charge in [-0.15, -0.1) is 11.3 Å². The topological polar surface area (TPSA) is 37.4 Å². The first kappa shape index (κ1) is 16.8. The Hall–Kier alpha value is -1.02. The summed E-state index contributed by atoms with van der Waals surface area (Å²) in [4.78, 5) is 8.06. The third-order valence-corrected chi connectivity index (χ3v) is 5.94. The van der Waals surface area contributed by atoms with Gasteiger partial charge in [-0.2, -0.15) is 0 Å². The fraction of sp³-hybridized carbons (Fsp3) is 0.375. The van der Waals surface area contributed by atoms with Gasteiger partial charge in [-0.25, -0.2) is 0 Å². The van der Waals surface area contributed by atoms with Crippen LogP contribution in [0.15, 0.2) is 40.3 Å². The summed E-state index contributed by atoms with van der Waals surface area (Å²) >= 11 is 10.9. The Bertz CT molecular complexity index is 664. The molecule has 0 aliphatic carbocycles. The zero-order chi connectivity index (χ0) is 16.2. The van der Waals surface area contributed by atoms with Crippen LogP contribution in [-0.2, 0) is 4.74 Å². The molecular weight excluding hydrogens is 394 g/mol. The highest BCUT2D eigenvalue weighted by Crippen LogP contribution is 2.41. The van der Waals surface area contributed by atoms with Crippen LogP contribution >= 0.6 is 39.5 Å². The van der Waals surface area contributed by atoms with Gasteiger partial charge >= 0.3 is 0 Å². The molecule has 23 heavy (non-hydrogen) atoms. The summed E-state index contributed by atoms with van der Waals surface area (Å²) in [5.41, 5.74) is 1.01. The molecule has 0 saturated carbocycles.